The topological polar surface area (TPSA) is 17.3 Å². The van der Waals surface area contributed by atoms with Gasteiger partial charge in [0.2, 0.25) is 0 Å². The van der Waals surface area contributed by atoms with Crippen LogP contribution < -0.4 is 0 Å². The lowest BCUT2D eigenvalue weighted by atomic mass is 9.87. The van der Waals surface area contributed by atoms with Gasteiger partial charge in [-0.25, -0.2) is 0 Å². The molecule has 2 heteroatoms. The Bertz CT molecular complexity index is 3200. The van der Waals surface area contributed by atoms with Crippen molar-refractivity contribution in [2.75, 3.05) is 0 Å². The molecular weight excluding hydrogens is 785 g/mol. The highest BCUT2D eigenvalue weighted by molar-refractivity contribution is 6.10. The highest BCUT2D eigenvalue weighted by Crippen LogP contribution is 2.39. The van der Waals surface area contributed by atoms with Gasteiger partial charge in [-0.1, -0.05) is 209 Å². The van der Waals surface area contributed by atoms with E-state index in [1.807, 2.05) is 64.1 Å². The second-order valence-electron chi connectivity index (χ2n) is 16.3. The zero-order valence-electron chi connectivity index (χ0n) is 38.2. The number of aliphatic imine (C=N–C) groups is 1. The zero-order chi connectivity index (χ0) is 45.3. The maximum atomic E-state index is 4.86. The van der Waals surface area contributed by atoms with Crippen LogP contribution >= 0.6 is 0 Å². The van der Waals surface area contributed by atoms with E-state index in [0.29, 0.717) is 5.92 Å². The molecule has 8 aromatic carbocycles. The Morgan fingerprint density at radius 2 is 1.05 bits per heavy atom. The number of aryl methyl sites for hydroxylation is 1. The Kier molecular flexibility index (Phi) is 13.6. The summed E-state index contributed by atoms with van der Waals surface area (Å²) >= 11 is 0. The first-order valence-corrected chi connectivity index (χ1v) is 22.6. The van der Waals surface area contributed by atoms with Gasteiger partial charge in [0.25, 0.3) is 0 Å². The van der Waals surface area contributed by atoms with Crippen molar-refractivity contribution in [3.8, 4) is 39.1 Å². The molecular formula is C63H56N2. The smallest absolute Gasteiger partial charge is 0.0633 e. The molecule has 0 saturated heterocycles. The maximum Gasteiger partial charge on any atom is 0.0633 e. The predicted octanol–water partition coefficient (Wildman–Crippen LogP) is 17.5. The summed E-state index contributed by atoms with van der Waals surface area (Å²) in [7, 11) is 0. The van der Waals surface area contributed by atoms with Crippen LogP contribution in [0.4, 0.5) is 0 Å². The van der Waals surface area contributed by atoms with Crippen LogP contribution in [0.3, 0.4) is 0 Å². The molecule has 1 aliphatic carbocycles. The minimum atomic E-state index is 0.290. The molecule has 1 aliphatic rings. The van der Waals surface area contributed by atoms with Gasteiger partial charge in [0.15, 0.2) is 0 Å². The van der Waals surface area contributed by atoms with Crippen molar-refractivity contribution >= 4 is 38.8 Å². The average Bonchev–Trinajstić information content (AvgIpc) is 4.02. The first-order valence-electron chi connectivity index (χ1n) is 22.6. The number of allylic oxidation sites excluding steroid dienone is 5. The molecule has 0 spiro atoms. The molecule has 0 radical (unpaired) electrons. The number of aromatic nitrogens is 1. The largest absolute Gasteiger partial charge is 0.309 e. The monoisotopic (exact) mass is 840 g/mol. The molecule has 0 aliphatic heterocycles. The van der Waals surface area contributed by atoms with Crippen LogP contribution in [-0.2, 0) is 0 Å². The summed E-state index contributed by atoms with van der Waals surface area (Å²) in [6, 6.07) is 69.2. The molecule has 0 fully saturated rings. The first kappa shape index (κ1) is 43.8. The SMILES string of the molecule is C=C(C)c1ccccc1.C=C(N=C(C)c1ccccc1)c1cccc(-c2ccc3c(c2)c2ccccc2n3-c2ccc(-c3ccc(C4C=CC=C4)c(-c4ccccc4C)c3)cc2)c1.CC. The number of para-hydroxylation sites is 1. The molecule has 0 unspecified atom stereocenters. The van der Waals surface area contributed by atoms with E-state index >= 15 is 0 Å². The van der Waals surface area contributed by atoms with Crippen LogP contribution in [0.2, 0.25) is 0 Å². The summed E-state index contributed by atoms with van der Waals surface area (Å²) in [4.78, 5) is 4.86. The van der Waals surface area contributed by atoms with Gasteiger partial charge >= 0.3 is 0 Å². The highest BCUT2D eigenvalue weighted by atomic mass is 15.0. The summed E-state index contributed by atoms with van der Waals surface area (Å²) in [5.41, 5.74) is 19.6. The van der Waals surface area contributed by atoms with E-state index < -0.39 is 0 Å². The number of hydrogen-bond acceptors (Lipinski definition) is 1. The summed E-state index contributed by atoms with van der Waals surface area (Å²) in [5.74, 6) is 0.290. The van der Waals surface area contributed by atoms with Gasteiger partial charge in [-0.05, 0) is 119 Å². The second-order valence-corrected chi connectivity index (χ2v) is 16.3. The third-order valence-electron chi connectivity index (χ3n) is 12.0. The highest BCUT2D eigenvalue weighted by Gasteiger charge is 2.17. The van der Waals surface area contributed by atoms with Gasteiger partial charge in [-0.15, -0.1) is 0 Å². The van der Waals surface area contributed by atoms with Crippen LogP contribution in [0.5, 0.6) is 0 Å². The van der Waals surface area contributed by atoms with E-state index in [2.05, 4.69) is 207 Å². The molecule has 1 aromatic heterocycles. The Hall–Kier alpha value is -7.81. The molecule has 0 N–H and O–H groups in total. The standard InChI is InChI=1S/C52H40N2.C9H10.C2H6/c1-35-14-7-10-21-46(35)49-33-43(26-30-47(49)40-17-8-9-18-40)39-24-28-45(29-25-39)54-51-23-12-11-22-48(51)50-34-44(27-31-52(50)54)42-20-13-19-41(32-42)37(3)53-36(2)38-15-5-4-6-16-38;1-8(2)9-6-4-3-5-7-9;1-2/h4-34,40H,3H2,1-2H3;3-7H,1H2,2H3;1-2H3. The minimum Gasteiger partial charge on any atom is -0.309 e. The first-order chi connectivity index (χ1) is 31.8. The number of fused-ring (bicyclic) bond motifs is 3. The van der Waals surface area contributed by atoms with Crippen molar-refractivity contribution in [2.45, 2.75) is 40.5 Å². The molecule has 0 bridgehead atoms. The minimum absolute atomic E-state index is 0.290. The normalized spacial score (nSPS) is 12.1. The third-order valence-corrected chi connectivity index (χ3v) is 12.0. The van der Waals surface area contributed by atoms with Crippen molar-refractivity contribution in [3.63, 3.8) is 0 Å². The number of benzene rings is 8. The molecule has 10 rings (SSSR count). The van der Waals surface area contributed by atoms with Crippen LogP contribution in [0.15, 0.2) is 237 Å². The van der Waals surface area contributed by atoms with Gasteiger partial charge in [0, 0.05) is 33.7 Å². The molecule has 0 saturated carbocycles. The van der Waals surface area contributed by atoms with E-state index in [4.69, 9.17) is 4.99 Å². The summed E-state index contributed by atoms with van der Waals surface area (Å²) in [6.45, 7) is 18.4. The summed E-state index contributed by atoms with van der Waals surface area (Å²) in [5, 5.41) is 2.46. The average molecular weight is 841 g/mol. The van der Waals surface area contributed by atoms with E-state index in [1.54, 1.807) is 0 Å². The molecule has 318 valence electrons. The van der Waals surface area contributed by atoms with Crippen LogP contribution in [0, 0.1) is 6.92 Å². The lowest BCUT2D eigenvalue weighted by Crippen LogP contribution is -1.97. The second kappa shape index (κ2) is 20.1. The number of nitrogens with zero attached hydrogens (tertiary/aromatic N) is 2. The fourth-order valence-corrected chi connectivity index (χ4v) is 8.62. The number of hydrogen-bond donors (Lipinski definition) is 0. The van der Waals surface area contributed by atoms with Crippen molar-refractivity contribution in [2.24, 2.45) is 4.99 Å². The van der Waals surface area contributed by atoms with Crippen molar-refractivity contribution in [1.29, 1.82) is 0 Å². The molecule has 2 nitrogen and oxygen atoms in total. The van der Waals surface area contributed by atoms with Gasteiger partial charge in [-0.2, -0.15) is 0 Å². The summed E-state index contributed by atoms with van der Waals surface area (Å²) < 4.78 is 2.39. The van der Waals surface area contributed by atoms with Gasteiger partial charge in [0.05, 0.1) is 16.7 Å². The fraction of sp³-hybridized carbons (Fsp3) is 0.0952. The molecule has 65 heavy (non-hydrogen) atoms. The number of rotatable bonds is 9. The van der Waals surface area contributed by atoms with Crippen molar-refractivity contribution < 1.29 is 0 Å². The Balaban J connectivity index is 0.000000465. The molecule has 1 heterocycles. The maximum absolute atomic E-state index is 4.86. The zero-order valence-corrected chi connectivity index (χ0v) is 38.2. The molecule has 9 aromatic rings. The Morgan fingerprint density at radius 1 is 0.477 bits per heavy atom. The van der Waals surface area contributed by atoms with Crippen molar-refractivity contribution in [3.05, 3.63) is 259 Å². The van der Waals surface area contributed by atoms with Crippen molar-refractivity contribution in [1.82, 2.24) is 4.57 Å². The third kappa shape index (κ3) is 9.59. The quantitative estimate of drug-likeness (QED) is 0.129. The van der Waals surface area contributed by atoms with Crippen LogP contribution in [0.25, 0.3) is 72.1 Å². The van der Waals surface area contributed by atoms with E-state index in [0.717, 1.165) is 44.9 Å². The lowest BCUT2D eigenvalue weighted by Gasteiger charge is -2.17. The lowest BCUT2D eigenvalue weighted by molar-refractivity contribution is 1.11. The van der Waals surface area contributed by atoms with E-state index in [-0.39, 0.29) is 0 Å². The molecule has 0 atom stereocenters. The summed E-state index contributed by atoms with van der Waals surface area (Å²) in [6.07, 6.45) is 8.85. The van der Waals surface area contributed by atoms with E-state index in [9.17, 15) is 0 Å². The Morgan fingerprint density at radius 3 is 1.74 bits per heavy atom. The Labute approximate surface area is 385 Å². The van der Waals surface area contributed by atoms with Gasteiger partial charge < -0.3 is 4.57 Å². The van der Waals surface area contributed by atoms with Gasteiger partial charge in [0.1, 0.15) is 0 Å². The van der Waals surface area contributed by atoms with Crippen LogP contribution in [0.1, 0.15) is 61.4 Å². The van der Waals surface area contributed by atoms with Gasteiger partial charge in [-0.3, -0.25) is 4.99 Å². The molecule has 0 amide bonds. The predicted molar refractivity (Wildman–Crippen MR) is 283 cm³/mol. The fourth-order valence-electron chi connectivity index (χ4n) is 8.62. The van der Waals surface area contributed by atoms with Crippen LogP contribution in [-0.4, -0.2) is 10.3 Å². The van der Waals surface area contributed by atoms with E-state index in [1.165, 1.54) is 60.8 Å².